The smallest absolute Gasteiger partial charge is 0.315 e. The zero-order valence-corrected chi connectivity index (χ0v) is 9.04. The molecule has 2 fully saturated rings. The predicted octanol–water partition coefficient (Wildman–Crippen LogP) is 0.178. The van der Waals surface area contributed by atoms with Gasteiger partial charge in [0.1, 0.15) is 6.61 Å². The summed E-state index contributed by atoms with van der Waals surface area (Å²) in [6.07, 6.45) is 0.782. The van der Waals surface area contributed by atoms with E-state index in [1.165, 1.54) is 6.08 Å². The zero-order valence-electron chi connectivity index (χ0n) is 9.04. The molecule has 2 saturated heterocycles. The predicted molar refractivity (Wildman–Crippen MR) is 51.5 cm³/mol. The van der Waals surface area contributed by atoms with Gasteiger partial charge in [0.2, 0.25) is 6.10 Å². The fourth-order valence-corrected chi connectivity index (χ4v) is 1.50. The molecule has 0 aromatic heterocycles. The van der Waals surface area contributed by atoms with Crippen molar-refractivity contribution in [3.63, 3.8) is 0 Å². The van der Waals surface area contributed by atoms with E-state index in [1.54, 1.807) is 19.9 Å². The molecule has 6 nitrogen and oxygen atoms in total. The largest absolute Gasteiger partial charge is 0.461 e. The number of hydrogen-bond acceptors (Lipinski definition) is 6. The Morgan fingerprint density at radius 3 is 2.44 bits per heavy atom. The van der Waals surface area contributed by atoms with Crippen molar-refractivity contribution in [2.24, 2.45) is 0 Å². The highest BCUT2D eigenvalue weighted by atomic mass is 16.8. The van der Waals surface area contributed by atoms with Crippen LogP contribution < -0.4 is 0 Å². The van der Waals surface area contributed by atoms with E-state index in [0.717, 1.165) is 0 Å². The lowest BCUT2D eigenvalue weighted by atomic mass is 10.1. The standard InChI is InChI=1S/C10H14O6/c1-3-7-13-5-6(14-7)10(12)9(11)15-8(4-2)16-10/h3-4,6,9,11-12H,5H2,1-2H3. The van der Waals surface area contributed by atoms with E-state index in [0.29, 0.717) is 5.95 Å². The molecule has 2 aliphatic heterocycles. The second-order valence-corrected chi connectivity index (χ2v) is 3.46. The van der Waals surface area contributed by atoms with Gasteiger partial charge in [-0.05, 0) is 26.0 Å². The maximum atomic E-state index is 10.1. The van der Waals surface area contributed by atoms with Crippen LogP contribution >= 0.6 is 0 Å². The Kier molecular flexibility index (Phi) is 2.69. The second-order valence-electron chi connectivity index (χ2n) is 3.46. The highest BCUT2D eigenvalue weighted by molar-refractivity contribution is 5.00. The summed E-state index contributed by atoms with van der Waals surface area (Å²) in [5.41, 5.74) is 0. The van der Waals surface area contributed by atoms with E-state index in [1.807, 2.05) is 0 Å². The first-order chi connectivity index (χ1) is 7.60. The lowest BCUT2D eigenvalue weighted by Crippen LogP contribution is -2.51. The van der Waals surface area contributed by atoms with Crippen LogP contribution in [0.3, 0.4) is 0 Å². The first-order valence-electron chi connectivity index (χ1n) is 4.98. The van der Waals surface area contributed by atoms with Gasteiger partial charge in [-0.1, -0.05) is 0 Å². The van der Waals surface area contributed by atoms with Gasteiger partial charge < -0.3 is 29.2 Å². The van der Waals surface area contributed by atoms with Crippen molar-refractivity contribution in [2.75, 3.05) is 6.61 Å². The van der Waals surface area contributed by atoms with Crippen molar-refractivity contribution < 1.29 is 29.2 Å². The molecule has 0 radical (unpaired) electrons. The van der Waals surface area contributed by atoms with Gasteiger partial charge in [-0.15, -0.1) is 0 Å². The molecule has 2 rings (SSSR count). The van der Waals surface area contributed by atoms with Crippen molar-refractivity contribution >= 4 is 0 Å². The topological polar surface area (TPSA) is 77.4 Å². The molecule has 2 heterocycles. The Morgan fingerprint density at radius 2 is 1.94 bits per heavy atom. The summed E-state index contributed by atoms with van der Waals surface area (Å²) in [4.78, 5) is 0. The second kappa shape index (κ2) is 3.88. The summed E-state index contributed by atoms with van der Waals surface area (Å²) in [6.45, 7) is 3.49. The molecule has 0 saturated carbocycles. The summed E-state index contributed by atoms with van der Waals surface area (Å²) in [7, 11) is 0. The van der Waals surface area contributed by atoms with E-state index < -0.39 is 18.2 Å². The molecule has 0 bridgehead atoms. The Labute approximate surface area is 92.7 Å². The fourth-order valence-electron chi connectivity index (χ4n) is 1.50. The molecule has 0 aromatic rings. The quantitative estimate of drug-likeness (QED) is 0.669. The molecular weight excluding hydrogens is 216 g/mol. The van der Waals surface area contributed by atoms with Crippen LogP contribution in [-0.2, 0) is 18.9 Å². The van der Waals surface area contributed by atoms with Crippen molar-refractivity contribution in [2.45, 2.75) is 32.0 Å². The number of hydrogen-bond donors (Lipinski definition) is 2. The summed E-state index contributed by atoms with van der Waals surface area (Å²) >= 11 is 0. The molecule has 3 atom stereocenters. The van der Waals surface area contributed by atoms with Crippen LogP contribution in [-0.4, -0.2) is 35.0 Å². The van der Waals surface area contributed by atoms with Crippen LogP contribution in [0.4, 0.5) is 0 Å². The average Bonchev–Trinajstić information content (AvgIpc) is 2.85. The van der Waals surface area contributed by atoms with Crippen molar-refractivity contribution in [1.29, 1.82) is 0 Å². The molecule has 90 valence electrons. The first-order valence-corrected chi connectivity index (χ1v) is 4.98. The third-order valence-electron chi connectivity index (χ3n) is 2.41. The highest BCUT2D eigenvalue weighted by Gasteiger charge is 2.57. The fraction of sp³-hybridized carbons (Fsp3) is 0.600. The number of aliphatic hydroxyl groups excluding tert-OH is 1. The van der Waals surface area contributed by atoms with Gasteiger partial charge in [0, 0.05) is 0 Å². The summed E-state index contributed by atoms with van der Waals surface area (Å²) < 4.78 is 20.4. The minimum Gasteiger partial charge on any atom is -0.461 e. The minimum atomic E-state index is -1.94. The molecule has 0 aliphatic carbocycles. The van der Waals surface area contributed by atoms with Gasteiger partial charge in [0.05, 0.1) is 0 Å². The zero-order chi connectivity index (χ0) is 11.8. The van der Waals surface area contributed by atoms with Crippen LogP contribution in [0.1, 0.15) is 13.8 Å². The monoisotopic (exact) mass is 230 g/mol. The molecule has 0 spiro atoms. The van der Waals surface area contributed by atoms with E-state index in [9.17, 15) is 10.2 Å². The van der Waals surface area contributed by atoms with Gasteiger partial charge in [-0.2, -0.15) is 0 Å². The summed E-state index contributed by atoms with van der Waals surface area (Å²) in [6, 6.07) is 0. The summed E-state index contributed by atoms with van der Waals surface area (Å²) in [5, 5.41) is 19.7. The third-order valence-corrected chi connectivity index (χ3v) is 2.41. The number of aliphatic hydroxyl groups is 2. The molecule has 3 unspecified atom stereocenters. The summed E-state index contributed by atoms with van der Waals surface area (Å²) in [5.74, 6) is -1.58. The number of ether oxygens (including phenoxy) is 4. The van der Waals surface area contributed by atoms with Crippen LogP contribution in [0.15, 0.2) is 24.0 Å². The molecule has 0 amide bonds. The molecule has 16 heavy (non-hydrogen) atoms. The van der Waals surface area contributed by atoms with Crippen molar-refractivity contribution in [3.05, 3.63) is 24.0 Å². The molecule has 2 aliphatic rings. The lowest BCUT2D eigenvalue weighted by molar-refractivity contribution is -0.266. The van der Waals surface area contributed by atoms with E-state index in [2.05, 4.69) is 0 Å². The minimum absolute atomic E-state index is 0.0625. The van der Waals surface area contributed by atoms with Gasteiger partial charge in [0.25, 0.3) is 18.2 Å². The Balaban J connectivity index is 2.14. The highest BCUT2D eigenvalue weighted by Crippen LogP contribution is 2.36. The third kappa shape index (κ3) is 1.60. The SMILES string of the molecule is CC=C1OCC(C2(O)OC(=CC)OC2O)O1. The lowest BCUT2D eigenvalue weighted by Gasteiger charge is -2.25. The Hall–Kier alpha value is -1.40. The molecule has 6 heteroatoms. The number of rotatable bonds is 1. The van der Waals surface area contributed by atoms with Crippen LogP contribution in [0.2, 0.25) is 0 Å². The van der Waals surface area contributed by atoms with Crippen LogP contribution in [0.5, 0.6) is 0 Å². The van der Waals surface area contributed by atoms with E-state index >= 15 is 0 Å². The van der Waals surface area contributed by atoms with Gasteiger partial charge in [-0.25, -0.2) is 0 Å². The van der Waals surface area contributed by atoms with Gasteiger partial charge >= 0.3 is 5.79 Å². The normalized spacial score (nSPS) is 42.8. The van der Waals surface area contributed by atoms with Gasteiger partial charge in [-0.3, -0.25) is 0 Å². The van der Waals surface area contributed by atoms with Crippen LogP contribution in [0.25, 0.3) is 0 Å². The Bertz CT molecular complexity index is 336. The van der Waals surface area contributed by atoms with E-state index in [4.69, 9.17) is 18.9 Å². The van der Waals surface area contributed by atoms with Gasteiger partial charge in [0.15, 0.2) is 0 Å². The Morgan fingerprint density at radius 1 is 1.25 bits per heavy atom. The van der Waals surface area contributed by atoms with Crippen molar-refractivity contribution in [1.82, 2.24) is 0 Å². The maximum Gasteiger partial charge on any atom is 0.315 e. The molecule has 0 aromatic carbocycles. The maximum absolute atomic E-state index is 10.1. The molecular formula is C10H14O6. The van der Waals surface area contributed by atoms with E-state index in [-0.39, 0.29) is 12.6 Å². The molecule has 2 N–H and O–H groups in total. The average molecular weight is 230 g/mol. The van der Waals surface area contributed by atoms with Crippen molar-refractivity contribution in [3.8, 4) is 0 Å². The first kappa shape index (κ1) is 11.1. The number of allylic oxidation sites excluding steroid dienone is 2. The van der Waals surface area contributed by atoms with Crippen LogP contribution in [0, 0.1) is 0 Å².